The number of aryl methyl sites for hydroxylation is 2. The number of nitrogens with one attached hydrogen (secondary N) is 2. The summed E-state index contributed by atoms with van der Waals surface area (Å²) in [6.07, 6.45) is 2.24. The molecular weight excluding hydrogens is 602 g/mol. The van der Waals surface area contributed by atoms with Gasteiger partial charge in [-0.3, -0.25) is 4.79 Å². The fourth-order valence-electron chi connectivity index (χ4n) is 5.27. The predicted molar refractivity (Wildman–Crippen MR) is 177 cm³/mol. The molecule has 1 aliphatic rings. The highest BCUT2D eigenvalue weighted by Gasteiger charge is 2.29. The largest absolute Gasteiger partial charge is 0.494 e. The van der Waals surface area contributed by atoms with Crippen LogP contribution in [0.3, 0.4) is 0 Å². The van der Waals surface area contributed by atoms with Crippen molar-refractivity contribution in [1.82, 2.24) is 19.4 Å². The van der Waals surface area contributed by atoms with Crippen molar-refractivity contribution >= 4 is 61.3 Å². The van der Waals surface area contributed by atoms with E-state index in [1.54, 1.807) is 13.2 Å². The molecule has 232 valence electrons. The number of benzene rings is 2. The molecule has 1 amide bonds. The van der Waals surface area contributed by atoms with Crippen molar-refractivity contribution in [3.8, 4) is 17.0 Å². The molecule has 0 atom stereocenters. The van der Waals surface area contributed by atoms with Gasteiger partial charge < -0.3 is 29.7 Å². The third kappa shape index (κ3) is 6.52. The number of rotatable bonds is 10. The predicted octanol–water partition coefficient (Wildman–Crippen LogP) is 4.55. The van der Waals surface area contributed by atoms with Crippen LogP contribution in [-0.2, 0) is 33.9 Å². The van der Waals surface area contributed by atoms with Crippen LogP contribution in [-0.4, -0.2) is 80.9 Å². The molecule has 0 aliphatic carbocycles. The van der Waals surface area contributed by atoms with Gasteiger partial charge >= 0.3 is 0 Å². The number of likely N-dealkylation sites (N-methyl/N-ethyl adjacent to an activating group) is 2. The lowest BCUT2D eigenvalue weighted by Gasteiger charge is -2.26. The molecule has 5 rings (SSSR count). The van der Waals surface area contributed by atoms with Gasteiger partial charge in [0.2, 0.25) is 5.95 Å². The number of fused-ring (bicyclic) bond motifs is 2. The van der Waals surface area contributed by atoms with E-state index in [2.05, 4.69) is 22.1 Å². The van der Waals surface area contributed by atoms with Crippen molar-refractivity contribution in [2.24, 2.45) is 7.05 Å². The number of para-hydroxylation sites is 1. The summed E-state index contributed by atoms with van der Waals surface area (Å²) in [4.78, 5) is 26.3. The van der Waals surface area contributed by atoms with E-state index in [0.717, 1.165) is 23.0 Å². The molecule has 2 N–H and O–H groups in total. The van der Waals surface area contributed by atoms with Gasteiger partial charge in [0.05, 0.1) is 52.1 Å². The molecular formula is C31H36ClN7O4S. The maximum atomic E-state index is 12.7. The van der Waals surface area contributed by atoms with Crippen LogP contribution in [0.15, 0.2) is 54.2 Å². The number of hydrogen-bond donors (Lipinski definition) is 2. The molecule has 0 saturated carbocycles. The molecule has 0 bridgehead atoms. The van der Waals surface area contributed by atoms with Crippen molar-refractivity contribution in [1.29, 1.82) is 0 Å². The standard InChI is InChI=1S/C31H36ClN7O4S/c1-19(32)30(40)33-24-15-25(28(43-6)16-27(24)38(4)13-12-37(2)3)35-31-34-23-11-14-44(41,42)18-22(23)29(36-31)21-17-39(5)26-10-8-7-9-20(21)26/h7-10,15-17H,1,11-14,18H2,2-6H3,(H,33,40)(H,34,35,36). The first kappa shape index (κ1) is 31.3. The lowest BCUT2D eigenvalue weighted by atomic mass is 10.0. The molecule has 13 heteroatoms. The minimum atomic E-state index is -3.30. The molecule has 11 nitrogen and oxygen atoms in total. The highest BCUT2D eigenvalue weighted by Crippen LogP contribution is 2.40. The van der Waals surface area contributed by atoms with Crippen molar-refractivity contribution in [3.05, 3.63) is 65.5 Å². The maximum Gasteiger partial charge on any atom is 0.266 e. The number of ether oxygens (including phenoxy) is 1. The highest BCUT2D eigenvalue weighted by atomic mass is 35.5. The Labute approximate surface area is 262 Å². The quantitative estimate of drug-likeness (QED) is 0.241. The number of carbonyl (C=O) groups is 1. The van der Waals surface area contributed by atoms with E-state index in [-0.39, 0.29) is 28.9 Å². The molecule has 2 aromatic carbocycles. The summed E-state index contributed by atoms with van der Waals surface area (Å²) in [7, 11) is 6.11. The van der Waals surface area contributed by atoms with E-state index in [1.165, 1.54) is 0 Å². The average molecular weight is 638 g/mol. The fourth-order valence-corrected chi connectivity index (χ4v) is 6.71. The second-order valence-corrected chi connectivity index (χ2v) is 13.8. The monoisotopic (exact) mass is 637 g/mol. The number of carbonyl (C=O) groups excluding carboxylic acids is 1. The number of halogens is 1. The second kappa shape index (κ2) is 12.5. The zero-order valence-electron chi connectivity index (χ0n) is 25.4. The van der Waals surface area contributed by atoms with E-state index >= 15 is 0 Å². The molecule has 0 radical (unpaired) electrons. The maximum absolute atomic E-state index is 12.7. The zero-order chi connectivity index (χ0) is 31.8. The van der Waals surface area contributed by atoms with Crippen LogP contribution < -0.4 is 20.3 Å². The summed E-state index contributed by atoms with van der Waals surface area (Å²) in [6, 6.07) is 11.5. The van der Waals surface area contributed by atoms with Crippen LogP contribution in [0.2, 0.25) is 0 Å². The summed E-state index contributed by atoms with van der Waals surface area (Å²) < 4.78 is 33.2. The molecule has 3 heterocycles. The Balaban J connectivity index is 1.63. The summed E-state index contributed by atoms with van der Waals surface area (Å²) in [5, 5.41) is 6.93. The minimum absolute atomic E-state index is 0.0151. The summed E-state index contributed by atoms with van der Waals surface area (Å²) >= 11 is 5.92. The van der Waals surface area contributed by atoms with Crippen LogP contribution >= 0.6 is 11.6 Å². The Bertz CT molecular complexity index is 1870. The number of nitrogens with zero attached hydrogens (tertiary/aromatic N) is 5. The van der Waals surface area contributed by atoms with Gasteiger partial charge in [0.25, 0.3) is 5.91 Å². The lowest BCUT2D eigenvalue weighted by Crippen LogP contribution is -2.29. The number of sulfone groups is 1. The molecule has 2 aromatic heterocycles. The van der Waals surface area contributed by atoms with Gasteiger partial charge in [-0.1, -0.05) is 36.4 Å². The van der Waals surface area contributed by atoms with Crippen LogP contribution in [0.1, 0.15) is 11.3 Å². The first-order chi connectivity index (χ1) is 20.9. The van der Waals surface area contributed by atoms with E-state index in [9.17, 15) is 13.2 Å². The second-order valence-electron chi connectivity index (χ2n) is 11.1. The third-order valence-electron chi connectivity index (χ3n) is 7.61. The zero-order valence-corrected chi connectivity index (χ0v) is 27.0. The van der Waals surface area contributed by atoms with Crippen LogP contribution in [0.5, 0.6) is 5.75 Å². The molecule has 44 heavy (non-hydrogen) atoms. The summed E-state index contributed by atoms with van der Waals surface area (Å²) in [6.45, 7) is 5.01. The topological polar surface area (TPSA) is 122 Å². The van der Waals surface area contributed by atoms with Gasteiger partial charge in [0.1, 0.15) is 5.75 Å². The number of methoxy groups -OCH3 is 1. The third-order valence-corrected chi connectivity index (χ3v) is 9.34. The first-order valence-electron chi connectivity index (χ1n) is 14.0. The van der Waals surface area contributed by atoms with Gasteiger partial charge in [0, 0.05) is 67.9 Å². The first-order valence-corrected chi connectivity index (χ1v) is 16.2. The van der Waals surface area contributed by atoms with Gasteiger partial charge in [-0.2, -0.15) is 0 Å². The van der Waals surface area contributed by atoms with Crippen LogP contribution in [0.4, 0.5) is 23.0 Å². The molecule has 0 spiro atoms. The van der Waals surface area contributed by atoms with Crippen LogP contribution in [0.25, 0.3) is 22.2 Å². The Morgan fingerprint density at radius 2 is 1.89 bits per heavy atom. The van der Waals surface area contributed by atoms with Crippen molar-refractivity contribution in [2.45, 2.75) is 12.2 Å². The van der Waals surface area contributed by atoms with Gasteiger partial charge in [-0.05, 0) is 26.2 Å². The Morgan fingerprint density at radius 1 is 1.14 bits per heavy atom. The molecule has 0 saturated heterocycles. The molecule has 4 aromatic rings. The van der Waals surface area contributed by atoms with E-state index in [4.69, 9.17) is 26.3 Å². The van der Waals surface area contributed by atoms with Crippen molar-refractivity contribution in [2.75, 3.05) is 62.6 Å². The van der Waals surface area contributed by atoms with Crippen LogP contribution in [0, 0.1) is 0 Å². The summed E-state index contributed by atoms with van der Waals surface area (Å²) in [5.41, 5.74) is 5.36. The van der Waals surface area contributed by atoms with E-state index in [1.807, 2.05) is 74.2 Å². The minimum Gasteiger partial charge on any atom is -0.494 e. The van der Waals surface area contributed by atoms with E-state index < -0.39 is 15.7 Å². The summed E-state index contributed by atoms with van der Waals surface area (Å²) in [5.74, 6) is 0.125. The Kier molecular flexibility index (Phi) is 8.87. The molecule has 1 aliphatic heterocycles. The Morgan fingerprint density at radius 3 is 2.59 bits per heavy atom. The number of aromatic nitrogens is 3. The van der Waals surface area contributed by atoms with Crippen molar-refractivity contribution < 1.29 is 17.9 Å². The van der Waals surface area contributed by atoms with Gasteiger partial charge in [0.15, 0.2) is 9.84 Å². The smallest absolute Gasteiger partial charge is 0.266 e. The Hall–Kier alpha value is -4.13. The van der Waals surface area contributed by atoms with Gasteiger partial charge in [-0.25, -0.2) is 18.4 Å². The number of amides is 1. The fraction of sp³-hybridized carbons (Fsp3) is 0.323. The normalized spacial score (nSPS) is 13.9. The average Bonchev–Trinajstić information content (AvgIpc) is 3.31. The highest BCUT2D eigenvalue weighted by molar-refractivity contribution is 7.90. The molecule has 0 fully saturated rings. The van der Waals surface area contributed by atoms with E-state index in [0.29, 0.717) is 46.3 Å². The number of hydrogen-bond acceptors (Lipinski definition) is 9. The van der Waals surface area contributed by atoms with Crippen molar-refractivity contribution in [3.63, 3.8) is 0 Å². The lowest BCUT2D eigenvalue weighted by molar-refractivity contribution is -0.112. The molecule has 0 unspecified atom stereocenters. The SMILES string of the molecule is C=C(Cl)C(=O)Nc1cc(Nc2nc3c(c(-c4cn(C)c5ccccc45)n2)CS(=O)(=O)CC3)c(OC)cc1N(C)CCN(C)C. The van der Waals surface area contributed by atoms with Gasteiger partial charge in [-0.15, -0.1) is 0 Å². The number of anilines is 4.